The van der Waals surface area contributed by atoms with Gasteiger partial charge in [-0.25, -0.2) is 12.1 Å². The van der Waals surface area contributed by atoms with Gasteiger partial charge in [-0.2, -0.15) is 41.8 Å². The fourth-order valence-corrected chi connectivity index (χ4v) is 3.62. The van der Waals surface area contributed by atoms with Crippen molar-refractivity contribution in [3.63, 3.8) is 0 Å². The molecule has 33 heavy (non-hydrogen) atoms. The minimum atomic E-state index is 0. The summed E-state index contributed by atoms with van der Waals surface area (Å²) in [5.41, 5.74) is 6.34. The Morgan fingerprint density at radius 2 is 1.15 bits per heavy atom. The van der Waals surface area contributed by atoms with Crippen LogP contribution in [0.2, 0.25) is 0 Å². The van der Waals surface area contributed by atoms with Crippen LogP contribution in [0.3, 0.4) is 0 Å². The SMILES string of the molecule is [C-](=C(c1ccccc1)C1[CH-]c2ccccc21)c1ccccc1.[Zr].[cH-]1[cH-][cH-][cH-][cH-]1.c1cc[cH-]c1. The molecule has 1 aliphatic carbocycles. The van der Waals surface area contributed by atoms with Crippen molar-refractivity contribution in [2.45, 2.75) is 5.92 Å². The molecule has 0 bridgehead atoms. The summed E-state index contributed by atoms with van der Waals surface area (Å²) >= 11 is 0. The standard InChI is InChI=1S/C22H16.2C5H5.Zr/c1-3-9-17(10-4-1)15-21(18-11-5-2-6-12-18)22-16-19-13-7-8-14-20(19)22;2*1-2-4-5-3-1;/h1-14,16,22H;2*1-5H;/q-2;-5;-1;. The Morgan fingerprint density at radius 3 is 1.70 bits per heavy atom. The molecule has 0 spiro atoms. The van der Waals surface area contributed by atoms with Gasteiger partial charge in [0.25, 0.3) is 0 Å². The summed E-state index contributed by atoms with van der Waals surface area (Å²) in [5, 5.41) is 0. The summed E-state index contributed by atoms with van der Waals surface area (Å²) in [6.45, 7) is 0. The molecule has 0 amide bonds. The van der Waals surface area contributed by atoms with E-state index in [2.05, 4.69) is 91.4 Å². The number of hydrogen-bond acceptors (Lipinski definition) is 0. The average molecular weight is 502 g/mol. The van der Waals surface area contributed by atoms with Crippen molar-refractivity contribution < 1.29 is 26.2 Å². The van der Waals surface area contributed by atoms with Crippen LogP contribution in [0.5, 0.6) is 0 Å². The van der Waals surface area contributed by atoms with E-state index in [1.807, 2.05) is 66.7 Å². The predicted octanol–water partition coefficient (Wildman–Crippen LogP) is 8.08. The van der Waals surface area contributed by atoms with E-state index >= 15 is 0 Å². The monoisotopic (exact) mass is 500 g/mol. The fraction of sp³-hybridized carbons (Fsp3) is 0.0312. The van der Waals surface area contributed by atoms with Gasteiger partial charge in [0, 0.05) is 26.2 Å². The number of rotatable bonds is 3. The summed E-state index contributed by atoms with van der Waals surface area (Å²) in [6, 6.07) is 49.5. The molecule has 6 rings (SSSR count). The molecule has 0 saturated heterocycles. The molecule has 1 aliphatic rings. The van der Waals surface area contributed by atoms with Gasteiger partial charge in [-0.1, -0.05) is 53.9 Å². The van der Waals surface area contributed by atoms with Crippen molar-refractivity contribution in [3.05, 3.63) is 180 Å². The molecule has 166 valence electrons. The first-order chi connectivity index (χ1) is 15.9. The van der Waals surface area contributed by atoms with E-state index in [-0.39, 0.29) is 26.2 Å². The molecule has 0 saturated carbocycles. The second-order valence-corrected chi connectivity index (χ2v) is 7.47. The summed E-state index contributed by atoms with van der Waals surface area (Å²) in [7, 11) is 0. The van der Waals surface area contributed by atoms with Crippen LogP contribution < -0.4 is 0 Å². The van der Waals surface area contributed by atoms with Gasteiger partial charge in [0.15, 0.2) is 0 Å². The smallest absolute Gasteiger partial charge is 0 e. The number of allylic oxidation sites excluding steroid dienone is 1. The van der Waals surface area contributed by atoms with Crippen molar-refractivity contribution >= 4 is 5.57 Å². The Labute approximate surface area is 217 Å². The van der Waals surface area contributed by atoms with E-state index in [0.717, 1.165) is 5.56 Å². The first kappa shape index (κ1) is 24.5. The number of fused-ring (bicyclic) bond motifs is 1. The van der Waals surface area contributed by atoms with E-state index in [1.54, 1.807) is 0 Å². The van der Waals surface area contributed by atoms with Gasteiger partial charge < -0.3 is 30.3 Å². The third kappa shape index (κ3) is 7.17. The van der Waals surface area contributed by atoms with Crippen LogP contribution in [0.4, 0.5) is 0 Å². The Balaban J connectivity index is 0.000000230. The predicted molar refractivity (Wildman–Crippen MR) is 135 cm³/mol. The minimum absolute atomic E-state index is 0. The molecule has 0 radical (unpaired) electrons. The van der Waals surface area contributed by atoms with E-state index < -0.39 is 0 Å². The molecule has 1 heteroatoms. The van der Waals surface area contributed by atoms with Gasteiger partial charge in [-0.05, 0) is 0 Å². The van der Waals surface area contributed by atoms with Gasteiger partial charge in [0.05, 0.1) is 0 Å². The normalized spacial score (nSPS) is 13.3. The van der Waals surface area contributed by atoms with Crippen molar-refractivity contribution in [2.24, 2.45) is 0 Å². The summed E-state index contributed by atoms with van der Waals surface area (Å²) in [5.74, 6) is 0.332. The Hall–Kier alpha value is -3.15. The van der Waals surface area contributed by atoms with Crippen LogP contribution >= 0.6 is 0 Å². The Morgan fingerprint density at radius 1 is 0.606 bits per heavy atom. The quantitative estimate of drug-likeness (QED) is 0.173. The van der Waals surface area contributed by atoms with E-state index in [0.29, 0.717) is 5.92 Å². The van der Waals surface area contributed by atoms with Crippen LogP contribution in [-0.2, 0) is 26.2 Å². The van der Waals surface area contributed by atoms with Gasteiger partial charge in [0.2, 0.25) is 0 Å². The van der Waals surface area contributed by atoms with Gasteiger partial charge >= 0.3 is 0 Å². The zero-order valence-corrected chi connectivity index (χ0v) is 21.0. The number of benzene rings is 3. The van der Waals surface area contributed by atoms with Crippen molar-refractivity contribution in [3.8, 4) is 0 Å². The zero-order chi connectivity index (χ0) is 21.8. The average Bonchev–Trinajstić information content (AvgIpc) is 3.60. The minimum Gasteiger partial charge on any atom is -0.748 e. The molecule has 0 heterocycles. The molecule has 0 fully saturated rings. The van der Waals surface area contributed by atoms with E-state index in [4.69, 9.17) is 0 Å². The first-order valence-corrected chi connectivity index (χ1v) is 10.9. The van der Waals surface area contributed by atoms with Crippen LogP contribution in [0.1, 0.15) is 28.2 Å². The maximum Gasteiger partial charge on any atom is 0 e. The van der Waals surface area contributed by atoms with Gasteiger partial charge in [-0.3, -0.25) is 0 Å². The maximum absolute atomic E-state index is 3.62. The summed E-state index contributed by atoms with van der Waals surface area (Å²) in [4.78, 5) is 0. The third-order valence-corrected chi connectivity index (χ3v) is 5.24. The fourth-order valence-electron chi connectivity index (χ4n) is 3.62. The van der Waals surface area contributed by atoms with Crippen molar-refractivity contribution in [2.75, 3.05) is 0 Å². The first-order valence-electron chi connectivity index (χ1n) is 10.9. The molecule has 0 N–H and O–H groups in total. The molecule has 5 aromatic carbocycles. The maximum atomic E-state index is 3.62. The second-order valence-electron chi connectivity index (χ2n) is 7.47. The molecule has 5 aromatic rings. The largest absolute Gasteiger partial charge is 0.748 e. The molecule has 1 unspecified atom stereocenters. The molecule has 0 nitrogen and oxygen atoms in total. The second kappa shape index (κ2) is 13.4. The van der Waals surface area contributed by atoms with Crippen LogP contribution in [0.15, 0.2) is 146 Å². The van der Waals surface area contributed by atoms with Crippen LogP contribution in [0, 0.1) is 12.5 Å². The van der Waals surface area contributed by atoms with Crippen molar-refractivity contribution in [1.29, 1.82) is 0 Å². The topological polar surface area (TPSA) is 0 Å². The van der Waals surface area contributed by atoms with Crippen LogP contribution in [0.25, 0.3) is 5.57 Å². The van der Waals surface area contributed by atoms with E-state index in [9.17, 15) is 0 Å². The molecular weight excluding hydrogens is 476 g/mol. The van der Waals surface area contributed by atoms with Gasteiger partial charge in [0.1, 0.15) is 0 Å². The van der Waals surface area contributed by atoms with Crippen molar-refractivity contribution in [1.82, 2.24) is 0 Å². The van der Waals surface area contributed by atoms with E-state index in [1.165, 1.54) is 22.3 Å². The molecule has 0 aliphatic heterocycles. The molecular formula is C32H26Zr-8. The Kier molecular flexibility index (Phi) is 9.96. The summed E-state index contributed by atoms with van der Waals surface area (Å²) < 4.78 is 0. The number of hydrogen-bond donors (Lipinski definition) is 0. The molecule has 0 aromatic heterocycles. The summed E-state index contributed by atoms with van der Waals surface area (Å²) in [6.07, 6.45) is 5.95. The van der Waals surface area contributed by atoms with Crippen LogP contribution in [-0.4, -0.2) is 0 Å². The Bertz CT molecular complexity index is 1110. The third-order valence-electron chi connectivity index (χ3n) is 5.24. The van der Waals surface area contributed by atoms with Gasteiger partial charge in [-0.15, -0.1) is 53.6 Å². The molecule has 1 atom stereocenters. The zero-order valence-electron chi connectivity index (χ0n) is 18.5.